The van der Waals surface area contributed by atoms with Crippen molar-refractivity contribution < 1.29 is 14.4 Å². The van der Waals surface area contributed by atoms with E-state index in [4.69, 9.17) is 0 Å². The molecule has 7 heteroatoms. The molecule has 29 heavy (non-hydrogen) atoms. The second-order valence-corrected chi connectivity index (χ2v) is 6.76. The van der Waals surface area contributed by atoms with Crippen LogP contribution in [0.15, 0.2) is 54.6 Å². The van der Waals surface area contributed by atoms with Gasteiger partial charge in [-0.25, -0.2) is 4.79 Å². The second-order valence-electron chi connectivity index (χ2n) is 6.76. The van der Waals surface area contributed by atoms with Crippen molar-refractivity contribution in [3.63, 3.8) is 0 Å². The van der Waals surface area contributed by atoms with Crippen LogP contribution in [0.4, 0.5) is 16.2 Å². The van der Waals surface area contributed by atoms with Crippen LogP contribution < -0.4 is 21.3 Å². The molecule has 0 spiro atoms. The van der Waals surface area contributed by atoms with Gasteiger partial charge in [-0.3, -0.25) is 9.59 Å². The van der Waals surface area contributed by atoms with Crippen LogP contribution in [0, 0.1) is 0 Å². The Labute approximate surface area is 169 Å². The summed E-state index contributed by atoms with van der Waals surface area (Å²) < 4.78 is 0. The molecule has 0 heterocycles. The van der Waals surface area contributed by atoms with Gasteiger partial charge in [-0.1, -0.05) is 18.2 Å². The maximum absolute atomic E-state index is 12.2. The van der Waals surface area contributed by atoms with E-state index in [0.29, 0.717) is 29.5 Å². The van der Waals surface area contributed by atoms with Crippen LogP contribution in [-0.4, -0.2) is 30.4 Å². The van der Waals surface area contributed by atoms with Crippen molar-refractivity contribution in [1.82, 2.24) is 10.6 Å². The smallest absolute Gasteiger partial charge is 0.319 e. The third-order valence-corrected chi connectivity index (χ3v) is 4.24. The largest absolute Gasteiger partial charge is 0.349 e. The Morgan fingerprint density at radius 1 is 1.00 bits per heavy atom. The average Bonchev–Trinajstić information content (AvgIpc) is 3.51. The fourth-order valence-corrected chi connectivity index (χ4v) is 2.61. The van der Waals surface area contributed by atoms with E-state index < -0.39 is 0 Å². The quantitative estimate of drug-likeness (QED) is 0.544. The lowest BCUT2D eigenvalue weighted by molar-refractivity contribution is -0.111. The maximum atomic E-state index is 12.2. The predicted octanol–water partition coefficient (Wildman–Crippen LogP) is 3.37. The number of urea groups is 1. The molecule has 4 N–H and O–H groups in total. The summed E-state index contributed by atoms with van der Waals surface area (Å²) in [4.78, 5) is 35.7. The number of carbonyl (C=O) groups is 3. The van der Waals surface area contributed by atoms with Gasteiger partial charge in [0.25, 0.3) is 5.91 Å². The lowest BCUT2D eigenvalue weighted by Gasteiger charge is -2.08. The Morgan fingerprint density at radius 3 is 2.34 bits per heavy atom. The van der Waals surface area contributed by atoms with Crippen molar-refractivity contribution in [3.8, 4) is 0 Å². The molecule has 2 aromatic carbocycles. The molecule has 0 atom stereocenters. The Bertz CT molecular complexity index is 918. The lowest BCUT2D eigenvalue weighted by atomic mass is 10.1. The predicted molar refractivity (Wildman–Crippen MR) is 114 cm³/mol. The molecular weight excluding hydrogens is 368 g/mol. The van der Waals surface area contributed by atoms with Gasteiger partial charge in [0, 0.05) is 35.6 Å². The van der Waals surface area contributed by atoms with E-state index in [0.717, 1.165) is 18.4 Å². The highest BCUT2D eigenvalue weighted by Gasteiger charge is 2.23. The van der Waals surface area contributed by atoms with Crippen molar-refractivity contribution in [1.29, 1.82) is 0 Å². The Kier molecular flexibility index (Phi) is 6.63. The van der Waals surface area contributed by atoms with Gasteiger partial charge in [-0.2, -0.15) is 0 Å². The molecule has 0 aromatic heterocycles. The summed E-state index contributed by atoms with van der Waals surface area (Å²) in [6.45, 7) is 2.36. The molecule has 0 unspecified atom stereocenters. The van der Waals surface area contributed by atoms with E-state index in [1.54, 1.807) is 54.6 Å². The molecule has 1 aliphatic rings. The minimum absolute atomic E-state index is 0.0677. The van der Waals surface area contributed by atoms with E-state index in [1.807, 2.05) is 6.92 Å². The van der Waals surface area contributed by atoms with Crippen LogP contribution in [0.3, 0.4) is 0 Å². The summed E-state index contributed by atoms with van der Waals surface area (Å²) in [5.74, 6) is -0.363. The highest BCUT2D eigenvalue weighted by atomic mass is 16.2. The van der Waals surface area contributed by atoms with E-state index in [9.17, 15) is 14.4 Å². The highest BCUT2D eigenvalue weighted by Crippen LogP contribution is 2.19. The summed E-state index contributed by atoms with van der Waals surface area (Å²) in [6, 6.07) is 14.0. The molecule has 7 nitrogen and oxygen atoms in total. The van der Waals surface area contributed by atoms with Gasteiger partial charge >= 0.3 is 6.03 Å². The van der Waals surface area contributed by atoms with Crippen molar-refractivity contribution in [2.24, 2.45) is 0 Å². The topological polar surface area (TPSA) is 99.3 Å². The number of anilines is 2. The van der Waals surface area contributed by atoms with Crippen LogP contribution in [-0.2, 0) is 4.79 Å². The van der Waals surface area contributed by atoms with Crippen molar-refractivity contribution in [2.45, 2.75) is 25.8 Å². The lowest BCUT2D eigenvalue weighted by Crippen LogP contribution is -2.28. The van der Waals surface area contributed by atoms with E-state index >= 15 is 0 Å². The van der Waals surface area contributed by atoms with Crippen molar-refractivity contribution >= 4 is 35.3 Å². The number of carbonyl (C=O) groups excluding carboxylic acids is 3. The summed E-state index contributed by atoms with van der Waals surface area (Å²) in [5, 5.41) is 11.0. The molecule has 1 aliphatic carbocycles. The Balaban J connectivity index is 1.54. The van der Waals surface area contributed by atoms with Crippen molar-refractivity contribution in [2.75, 3.05) is 17.2 Å². The van der Waals surface area contributed by atoms with Crippen LogP contribution in [0.5, 0.6) is 0 Å². The zero-order valence-electron chi connectivity index (χ0n) is 16.2. The van der Waals surface area contributed by atoms with E-state index in [2.05, 4.69) is 21.3 Å². The fourth-order valence-electron chi connectivity index (χ4n) is 2.61. The molecule has 0 bridgehead atoms. The molecule has 4 amide bonds. The zero-order chi connectivity index (χ0) is 20.6. The van der Waals surface area contributed by atoms with Gasteiger partial charge in [-0.15, -0.1) is 0 Å². The van der Waals surface area contributed by atoms with E-state index in [-0.39, 0.29) is 17.8 Å². The first-order chi connectivity index (χ1) is 14.0. The first-order valence-electron chi connectivity index (χ1n) is 9.58. The van der Waals surface area contributed by atoms with Gasteiger partial charge < -0.3 is 21.3 Å². The molecule has 0 saturated heterocycles. The minimum atomic E-state index is -0.301. The fraction of sp³-hybridized carbons (Fsp3) is 0.227. The summed E-state index contributed by atoms with van der Waals surface area (Å²) in [5.41, 5.74) is 2.57. The van der Waals surface area contributed by atoms with Crippen molar-refractivity contribution in [3.05, 3.63) is 65.7 Å². The SMILES string of the molecule is CCNC(=O)Nc1cccc(NC(=O)/C=C/c2ccc(C(=O)NC3CC3)cc2)c1. The van der Waals surface area contributed by atoms with Crippen LogP contribution in [0.2, 0.25) is 0 Å². The summed E-state index contributed by atoms with van der Waals surface area (Å²) in [6.07, 6.45) is 5.19. The number of hydrogen-bond donors (Lipinski definition) is 4. The Hall–Kier alpha value is -3.61. The molecule has 2 aromatic rings. The first kappa shape index (κ1) is 20.1. The van der Waals surface area contributed by atoms with E-state index in [1.165, 1.54) is 6.08 Å². The average molecular weight is 392 g/mol. The normalized spacial score (nSPS) is 13.0. The van der Waals surface area contributed by atoms with Crippen LogP contribution in [0.1, 0.15) is 35.7 Å². The number of nitrogens with one attached hydrogen (secondary N) is 4. The molecule has 1 fully saturated rings. The third-order valence-electron chi connectivity index (χ3n) is 4.24. The highest BCUT2D eigenvalue weighted by molar-refractivity contribution is 6.02. The maximum Gasteiger partial charge on any atom is 0.319 e. The molecule has 1 saturated carbocycles. The molecule has 0 radical (unpaired) electrons. The third kappa shape index (κ3) is 6.49. The summed E-state index contributed by atoms with van der Waals surface area (Å²) in [7, 11) is 0. The first-order valence-corrected chi connectivity index (χ1v) is 9.58. The number of rotatable bonds is 7. The molecular formula is C22H24N4O3. The van der Waals surface area contributed by atoms with Crippen LogP contribution in [0.25, 0.3) is 6.08 Å². The monoisotopic (exact) mass is 392 g/mol. The van der Waals surface area contributed by atoms with Gasteiger partial charge in [0.2, 0.25) is 5.91 Å². The second kappa shape index (κ2) is 9.54. The zero-order valence-corrected chi connectivity index (χ0v) is 16.2. The van der Waals surface area contributed by atoms with Gasteiger partial charge in [0.1, 0.15) is 0 Å². The number of amides is 4. The molecule has 0 aliphatic heterocycles. The number of hydrogen-bond acceptors (Lipinski definition) is 3. The van der Waals surface area contributed by atoms with Crippen LogP contribution >= 0.6 is 0 Å². The number of benzene rings is 2. The molecule has 150 valence electrons. The molecule has 3 rings (SSSR count). The summed E-state index contributed by atoms with van der Waals surface area (Å²) >= 11 is 0. The Morgan fingerprint density at radius 2 is 1.69 bits per heavy atom. The van der Waals surface area contributed by atoms with Gasteiger partial charge in [-0.05, 0) is 61.7 Å². The standard InChI is InChI=1S/C22H24N4O3/c1-2-23-22(29)26-19-5-3-4-18(14-19)24-20(27)13-8-15-6-9-16(10-7-15)21(28)25-17-11-12-17/h3-10,13-14,17H,2,11-12H2,1H3,(H,24,27)(H,25,28)(H2,23,26,29)/b13-8+. The van der Waals surface area contributed by atoms with Gasteiger partial charge in [0.15, 0.2) is 0 Å². The van der Waals surface area contributed by atoms with Gasteiger partial charge in [0.05, 0.1) is 0 Å². The minimum Gasteiger partial charge on any atom is -0.349 e.